The first kappa shape index (κ1) is 20.3. The molecule has 0 radical (unpaired) electrons. The van der Waals surface area contributed by atoms with Crippen molar-refractivity contribution in [2.45, 2.75) is 20.0 Å². The number of halogens is 3. The van der Waals surface area contributed by atoms with Crippen molar-refractivity contribution in [1.29, 1.82) is 0 Å². The van der Waals surface area contributed by atoms with E-state index in [1.165, 1.54) is 19.2 Å². The molecule has 0 aliphatic heterocycles. The van der Waals surface area contributed by atoms with Gasteiger partial charge < -0.3 is 14.4 Å². The maximum atomic E-state index is 12.8. The Morgan fingerprint density at radius 3 is 2.30 bits per heavy atom. The fourth-order valence-electron chi connectivity index (χ4n) is 2.19. The van der Waals surface area contributed by atoms with Gasteiger partial charge in [-0.25, -0.2) is 0 Å². The van der Waals surface area contributed by atoms with Crippen LogP contribution in [0.1, 0.15) is 25.0 Å². The number of alkyl halides is 3. The molecule has 0 aromatic heterocycles. The van der Waals surface area contributed by atoms with Crippen molar-refractivity contribution in [2.75, 3.05) is 13.7 Å². The first-order valence-corrected chi connectivity index (χ1v) is 8.08. The van der Waals surface area contributed by atoms with E-state index in [4.69, 9.17) is 14.4 Å². The van der Waals surface area contributed by atoms with E-state index in [0.717, 1.165) is 12.1 Å². The third-order valence-corrected chi connectivity index (χ3v) is 3.38. The topological polar surface area (TPSA) is 52.4 Å². The van der Waals surface area contributed by atoms with Crippen LogP contribution in [0.5, 0.6) is 11.5 Å². The number of benzene rings is 2. The van der Waals surface area contributed by atoms with E-state index in [1.54, 1.807) is 38.1 Å². The Hall–Kier alpha value is -3.03. The first-order chi connectivity index (χ1) is 12.8. The van der Waals surface area contributed by atoms with Gasteiger partial charge in [-0.2, -0.15) is 13.2 Å². The summed E-state index contributed by atoms with van der Waals surface area (Å²) in [5.41, 5.74) is 0.911. The summed E-state index contributed by atoms with van der Waals surface area (Å²) in [6, 6.07) is 11.3. The molecule has 0 aliphatic rings. The number of oxime groups is 2. The van der Waals surface area contributed by atoms with E-state index in [0.29, 0.717) is 29.3 Å². The van der Waals surface area contributed by atoms with Gasteiger partial charge in [0.1, 0.15) is 36.6 Å². The highest BCUT2D eigenvalue weighted by Gasteiger charge is 2.30. The van der Waals surface area contributed by atoms with Crippen LogP contribution < -0.4 is 4.74 Å². The Balaban J connectivity index is 2.22. The van der Waals surface area contributed by atoms with E-state index in [-0.39, 0.29) is 5.75 Å². The van der Waals surface area contributed by atoms with E-state index in [9.17, 15) is 13.2 Å². The molecule has 0 amide bonds. The summed E-state index contributed by atoms with van der Waals surface area (Å²) in [7, 11) is 1.42. The van der Waals surface area contributed by atoms with Crippen LogP contribution in [0.15, 0.2) is 58.8 Å². The average Bonchev–Trinajstić information content (AvgIpc) is 2.63. The zero-order valence-corrected chi connectivity index (χ0v) is 15.1. The SMILES string of the molecule is CCON=C(C(C)=NOC)c1ccc(Oc2cccc(C(F)(F)F)c2)cc1. The van der Waals surface area contributed by atoms with Gasteiger partial charge in [-0.3, -0.25) is 0 Å². The summed E-state index contributed by atoms with van der Waals surface area (Å²) in [4.78, 5) is 9.86. The third-order valence-electron chi connectivity index (χ3n) is 3.38. The Kier molecular flexibility index (Phi) is 6.81. The summed E-state index contributed by atoms with van der Waals surface area (Å²) >= 11 is 0. The number of ether oxygens (including phenoxy) is 1. The smallest absolute Gasteiger partial charge is 0.416 e. The number of hydrogen-bond donors (Lipinski definition) is 0. The van der Waals surface area contributed by atoms with E-state index >= 15 is 0 Å². The maximum absolute atomic E-state index is 12.8. The van der Waals surface area contributed by atoms with Gasteiger partial charge in [0.15, 0.2) is 0 Å². The molecule has 0 saturated carbocycles. The second-order valence-corrected chi connectivity index (χ2v) is 5.37. The van der Waals surface area contributed by atoms with Crippen LogP contribution in [-0.2, 0) is 15.9 Å². The van der Waals surface area contributed by atoms with E-state index < -0.39 is 11.7 Å². The Morgan fingerprint density at radius 1 is 1.00 bits per heavy atom. The molecule has 0 heterocycles. The van der Waals surface area contributed by atoms with Gasteiger partial charge in [-0.1, -0.05) is 16.4 Å². The van der Waals surface area contributed by atoms with E-state index in [2.05, 4.69) is 10.3 Å². The van der Waals surface area contributed by atoms with Crippen LogP contribution in [0.25, 0.3) is 0 Å². The molecule has 0 N–H and O–H groups in total. The minimum absolute atomic E-state index is 0.0953. The molecule has 27 heavy (non-hydrogen) atoms. The molecule has 0 atom stereocenters. The monoisotopic (exact) mass is 380 g/mol. The minimum Gasteiger partial charge on any atom is -0.457 e. The predicted molar refractivity (Wildman–Crippen MR) is 96.2 cm³/mol. The van der Waals surface area contributed by atoms with Crippen LogP contribution >= 0.6 is 0 Å². The van der Waals surface area contributed by atoms with Crippen molar-refractivity contribution in [1.82, 2.24) is 0 Å². The van der Waals surface area contributed by atoms with Crippen LogP contribution in [0.2, 0.25) is 0 Å². The maximum Gasteiger partial charge on any atom is 0.416 e. The minimum atomic E-state index is -4.42. The predicted octanol–water partition coefficient (Wildman–Crippen LogP) is 5.26. The van der Waals surface area contributed by atoms with Crippen molar-refractivity contribution in [3.63, 3.8) is 0 Å². The van der Waals surface area contributed by atoms with Gasteiger partial charge in [-0.05, 0) is 56.3 Å². The van der Waals surface area contributed by atoms with Gasteiger partial charge in [0.25, 0.3) is 0 Å². The molecule has 2 aromatic rings. The molecule has 144 valence electrons. The van der Waals surface area contributed by atoms with Gasteiger partial charge in [-0.15, -0.1) is 0 Å². The molecule has 0 unspecified atom stereocenters. The fraction of sp³-hybridized carbons (Fsp3) is 0.263. The summed E-state index contributed by atoms with van der Waals surface area (Å²) in [6.45, 7) is 3.91. The van der Waals surface area contributed by atoms with Crippen molar-refractivity contribution < 1.29 is 27.6 Å². The van der Waals surface area contributed by atoms with Gasteiger partial charge in [0, 0.05) is 5.56 Å². The lowest BCUT2D eigenvalue weighted by atomic mass is 10.1. The lowest BCUT2D eigenvalue weighted by molar-refractivity contribution is -0.137. The number of nitrogens with zero attached hydrogens (tertiary/aromatic N) is 2. The highest BCUT2D eigenvalue weighted by Crippen LogP contribution is 2.32. The van der Waals surface area contributed by atoms with Crippen molar-refractivity contribution in [3.05, 3.63) is 59.7 Å². The van der Waals surface area contributed by atoms with Gasteiger partial charge in [0.05, 0.1) is 5.56 Å². The molecule has 0 spiro atoms. The van der Waals surface area contributed by atoms with Crippen LogP contribution in [-0.4, -0.2) is 25.1 Å². The number of rotatable bonds is 7. The molecule has 5 nitrogen and oxygen atoms in total. The van der Waals surface area contributed by atoms with Crippen molar-refractivity contribution in [3.8, 4) is 11.5 Å². The molecule has 2 aromatic carbocycles. The second kappa shape index (κ2) is 9.07. The summed E-state index contributed by atoms with van der Waals surface area (Å²) in [5.74, 6) is 0.480. The van der Waals surface area contributed by atoms with Crippen molar-refractivity contribution >= 4 is 11.4 Å². The molecule has 0 saturated heterocycles. The molecular formula is C19H19F3N2O3. The lowest BCUT2D eigenvalue weighted by Crippen LogP contribution is -2.13. The molecular weight excluding hydrogens is 361 g/mol. The number of hydrogen-bond acceptors (Lipinski definition) is 5. The van der Waals surface area contributed by atoms with Gasteiger partial charge in [0.2, 0.25) is 0 Å². The normalized spacial score (nSPS) is 12.7. The van der Waals surface area contributed by atoms with Crippen LogP contribution in [0.3, 0.4) is 0 Å². The molecule has 8 heteroatoms. The Bertz CT molecular complexity index is 816. The largest absolute Gasteiger partial charge is 0.457 e. The highest BCUT2D eigenvalue weighted by molar-refractivity contribution is 6.47. The Labute approximate surface area is 155 Å². The second-order valence-electron chi connectivity index (χ2n) is 5.37. The lowest BCUT2D eigenvalue weighted by Gasteiger charge is -2.11. The van der Waals surface area contributed by atoms with Crippen molar-refractivity contribution in [2.24, 2.45) is 10.3 Å². The summed E-state index contributed by atoms with van der Waals surface area (Å²) < 4.78 is 43.9. The Morgan fingerprint density at radius 2 is 1.70 bits per heavy atom. The third kappa shape index (κ3) is 5.73. The molecule has 0 fully saturated rings. The molecule has 2 rings (SSSR count). The molecule has 0 bridgehead atoms. The fourth-order valence-corrected chi connectivity index (χ4v) is 2.19. The van der Waals surface area contributed by atoms with Crippen LogP contribution in [0.4, 0.5) is 13.2 Å². The first-order valence-electron chi connectivity index (χ1n) is 8.08. The van der Waals surface area contributed by atoms with E-state index in [1.807, 2.05) is 0 Å². The average molecular weight is 380 g/mol. The molecule has 0 aliphatic carbocycles. The zero-order valence-electron chi connectivity index (χ0n) is 15.1. The highest BCUT2D eigenvalue weighted by atomic mass is 19.4. The summed E-state index contributed by atoms with van der Waals surface area (Å²) in [5, 5.41) is 7.87. The van der Waals surface area contributed by atoms with Gasteiger partial charge >= 0.3 is 6.18 Å². The summed E-state index contributed by atoms with van der Waals surface area (Å²) in [6.07, 6.45) is -4.42. The standard InChI is InChI=1S/C19H19F3N2O3/c1-4-26-24-18(13(2)23-25-3)14-8-10-16(11-9-14)27-17-7-5-6-15(12-17)19(20,21)22/h5-12H,4H2,1-3H3. The van der Waals surface area contributed by atoms with Crippen LogP contribution in [0, 0.1) is 0 Å². The quantitative estimate of drug-likeness (QED) is 0.486. The zero-order chi connectivity index (χ0) is 19.9.